The highest BCUT2D eigenvalue weighted by Gasteiger charge is 2.18. The number of anilines is 2. The number of aromatic nitrogens is 2. The van der Waals surface area contributed by atoms with E-state index in [0.717, 1.165) is 48.7 Å². The molecule has 0 aliphatic carbocycles. The van der Waals surface area contributed by atoms with Crippen LogP contribution in [0.1, 0.15) is 45.0 Å². The highest BCUT2D eigenvalue weighted by Crippen LogP contribution is 2.25. The number of thiophene rings is 1. The second kappa shape index (κ2) is 10.3. The molecule has 2 aromatic carbocycles. The quantitative estimate of drug-likeness (QED) is 0.313. The van der Waals surface area contributed by atoms with Crippen molar-refractivity contribution in [2.45, 2.75) is 19.4 Å². The van der Waals surface area contributed by atoms with Crippen molar-refractivity contribution in [1.29, 1.82) is 0 Å². The molecule has 5 rings (SSSR count). The molecule has 3 heterocycles. The molecule has 8 nitrogen and oxygen atoms in total. The van der Waals surface area contributed by atoms with Crippen LogP contribution in [-0.4, -0.2) is 48.2 Å². The van der Waals surface area contributed by atoms with E-state index in [-0.39, 0.29) is 17.9 Å². The number of aromatic amines is 1. The van der Waals surface area contributed by atoms with Gasteiger partial charge in [0.05, 0.1) is 11.6 Å². The summed E-state index contributed by atoms with van der Waals surface area (Å²) in [5.41, 5.74) is 2.92. The molecule has 35 heavy (non-hydrogen) atoms. The van der Waals surface area contributed by atoms with E-state index in [1.807, 2.05) is 48.7 Å². The summed E-state index contributed by atoms with van der Waals surface area (Å²) in [5, 5.41) is 19.2. The lowest BCUT2D eigenvalue weighted by Crippen LogP contribution is -2.43. The first kappa shape index (κ1) is 23.1. The van der Waals surface area contributed by atoms with Crippen molar-refractivity contribution in [1.82, 2.24) is 20.8 Å². The van der Waals surface area contributed by atoms with E-state index in [1.165, 1.54) is 0 Å². The number of rotatable bonds is 7. The lowest BCUT2D eigenvalue weighted by molar-refractivity contribution is 0.0935. The minimum absolute atomic E-state index is 0.0362. The van der Waals surface area contributed by atoms with Crippen LogP contribution in [-0.2, 0) is 0 Å². The number of nitrogens with zero attached hydrogens (tertiary/aromatic N) is 2. The number of carbonyl (C=O) groups excluding carboxylic acids is 2. The van der Waals surface area contributed by atoms with E-state index in [9.17, 15) is 9.59 Å². The summed E-state index contributed by atoms with van der Waals surface area (Å²) >= 11 is 1.63. The summed E-state index contributed by atoms with van der Waals surface area (Å²) in [6.45, 7) is 5.87. The number of carbonyl (C=O) groups is 2. The van der Waals surface area contributed by atoms with Crippen molar-refractivity contribution in [2.75, 3.05) is 36.4 Å². The number of hydrogen-bond acceptors (Lipinski definition) is 6. The van der Waals surface area contributed by atoms with Crippen molar-refractivity contribution >= 4 is 45.6 Å². The average molecular weight is 489 g/mol. The summed E-state index contributed by atoms with van der Waals surface area (Å²) in [6, 6.07) is 16.9. The fourth-order valence-electron chi connectivity index (χ4n) is 4.28. The van der Waals surface area contributed by atoms with Gasteiger partial charge in [-0.25, -0.2) is 0 Å². The predicted molar refractivity (Wildman–Crippen MR) is 140 cm³/mol. The fourth-order valence-corrected chi connectivity index (χ4v) is 5.14. The Balaban J connectivity index is 1.30. The maximum absolute atomic E-state index is 13.0. The maximum atomic E-state index is 13.0. The molecule has 2 amide bonds. The van der Waals surface area contributed by atoms with Crippen LogP contribution in [0.15, 0.2) is 60.0 Å². The largest absolute Gasteiger partial charge is 0.369 e. The molecule has 9 heteroatoms. The lowest BCUT2D eigenvalue weighted by atomic mass is 10.1. The molecule has 0 bridgehead atoms. The molecule has 0 radical (unpaired) electrons. The van der Waals surface area contributed by atoms with Crippen molar-refractivity contribution < 1.29 is 9.59 Å². The summed E-state index contributed by atoms with van der Waals surface area (Å²) in [7, 11) is 0. The zero-order valence-corrected chi connectivity index (χ0v) is 20.3. The number of fused-ring (bicyclic) bond motifs is 1. The van der Waals surface area contributed by atoms with Crippen LogP contribution in [0.3, 0.4) is 0 Å². The van der Waals surface area contributed by atoms with Gasteiger partial charge in [0.1, 0.15) is 0 Å². The van der Waals surface area contributed by atoms with Crippen LogP contribution in [0, 0.1) is 0 Å². The van der Waals surface area contributed by atoms with Gasteiger partial charge in [-0.15, -0.1) is 11.3 Å². The Kier molecular flexibility index (Phi) is 6.78. The van der Waals surface area contributed by atoms with E-state index >= 15 is 0 Å². The van der Waals surface area contributed by atoms with Crippen molar-refractivity contribution in [3.63, 3.8) is 0 Å². The Morgan fingerprint density at radius 2 is 1.83 bits per heavy atom. The molecule has 0 spiro atoms. The van der Waals surface area contributed by atoms with Crippen molar-refractivity contribution in [2.24, 2.45) is 0 Å². The summed E-state index contributed by atoms with van der Waals surface area (Å²) < 4.78 is 0. The SMILES string of the molecule is CCC(NC(=O)c1ccc2[nH]nc(NC(=O)c3ccc(N4CCNCC4)cc3)c2c1)c1cccs1. The van der Waals surface area contributed by atoms with Crippen molar-refractivity contribution in [3.8, 4) is 0 Å². The molecular formula is C26H28N6O2S. The number of amides is 2. The predicted octanol–water partition coefficient (Wildman–Crippen LogP) is 4.17. The Labute approximate surface area is 207 Å². The first-order valence-corrected chi connectivity index (χ1v) is 12.7. The normalized spacial score (nSPS) is 14.6. The second-order valence-electron chi connectivity index (χ2n) is 8.52. The van der Waals surface area contributed by atoms with Crippen LogP contribution < -0.4 is 20.9 Å². The number of benzene rings is 2. The molecule has 4 aromatic rings. The standard InChI is InChI=1S/C26H28N6O2S/c1-2-21(23-4-3-15-35-23)28-26(34)18-7-10-22-20(16-18)24(31-30-22)29-25(33)17-5-8-19(9-6-17)32-13-11-27-12-14-32/h3-10,15-16,21,27H,2,11-14H2,1H3,(H,28,34)(H2,29,30,31,33). The molecule has 1 fully saturated rings. The minimum Gasteiger partial charge on any atom is -0.369 e. The van der Waals surface area contributed by atoms with E-state index in [1.54, 1.807) is 29.5 Å². The van der Waals surface area contributed by atoms with Gasteiger partial charge in [0.25, 0.3) is 11.8 Å². The highest BCUT2D eigenvalue weighted by atomic mass is 32.1. The van der Waals surface area contributed by atoms with E-state index < -0.39 is 0 Å². The third-order valence-corrected chi connectivity index (χ3v) is 7.25. The van der Waals surface area contributed by atoms with Gasteiger partial charge in [0.15, 0.2) is 5.82 Å². The zero-order valence-electron chi connectivity index (χ0n) is 19.5. The first-order valence-electron chi connectivity index (χ1n) is 11.8. The van der Waals surface area contributed by atoms with Gasteiger partial charge >= 0.3 is 0 Å². The molecular weight excluding hydrogens is 460 g/mol. The molecule has 180 valence electrons. The molecule has 4 N–H and O–H groups in total. The Hall–Kier alpha value is -3.69. The van der Waals surface area contributed by atoms with E-state index in [0.29, 0.717) is 22.3 Å². The topological polar surface area (TPSA) is 102 Å². The number of piperazine rings is 1. The Morgan fingerprint density at radius 3 is 2.54 bits per heavy atom. The van der Waals surface area contributed by atoms with Gasteiger partial charge in [-0.3, -0.25) is 14.7 Å². The van der Waals surface area contributed by atoms with Gasteiger partial charge in [0.2, 0.25) is 0 Å². The first-order chi connectivity index (χ1) is 17.1. The van der Waals surface area contributed by atoms with E-state index in [2.05, 4.69) is 31.0 Å². The number of nitrogens with one attached hydrogen (secondary N) is 4. The second-order valence-corrected chi connectivity index (χ2v) is 9.50. The molecule has 1 atom stereocenters. The summed E-state index contributed by atoms with van der Waals surface area (Å²) in [6.07, 6.45) is 0.801. The van der Waals surface area contributed by atoms with Gasteiger partial charge in [0, 0.05) is 53.3 Å². The molecule has 1 aliphatic rings. The fraction of sp³-hybridized carbons (Fsp3) is 0.269. The maximum Gasteiger partial charge on any atom is 0.256 e. The van der Waals surface area contributed by atoms with Gasteiger partial charge in [-0.2, -0.15) is 5.10 Å². The Morgan fingerprint density at radius 1 is 1.06 bits per heavy atom. The zero-order chi connectivity index (χ0) is 24.2. The van der Waals surface area contributed by atoms with Crippen LogP contribution in [0.2, 0.25) is 0 Å². The van der Waals surface area contributed by atoms with Crippen LogP contribution in [0.4, 0.5) is 11.5 Å². The van der Waals surface area contributed by atoms with Crippen molar-refractivity contribution in [3.05, 3.63) is 76.0 Å². The van der Waals surface area contributed by atoms with Gasteiger partial charge in [-0.05, 0) is 60.3 Å². The molecule has 1 aliphatic heterocycles. The van der Waals surface area contributed by atoms with E-state index in [4.69, 9.17) is 0 Å². The Bertz CT molecular complexity index is 1310. The number of hydrogen-bond donors (Lipinski definition) is 4. The third-order valence-electron chi connectivity index (χ3n) is 6.27. The molecule has 0 saturated carbocycles. The highest BCUT2D eigenvalue weighted by molar-refractivity contribution is 7.10. The monoisotopic (exact) mass is 488 g/mol. The van der Waals surface area contributed by atoms with Gasteiger partial charge < -0.3 is 20.9 Å². The molecule has 2 aromatic heterocycles. The van der Waals surface area contributed by atoms with Crippen LogP contribution in [0.25, 0.3) is 10.9 Å². The van der Waals surface area contributed by atoms with Gasteiger partial charge in [-0.1, -0.05) is 13.0 Å². The molecule has 1 saturated heterocycles. The summed E-state index contributed by atoms with van der Waals surface area (Å²) in [4.78, 5) is 29.3. The third kappa shape index (κ3) is 5.06. The smallest absolute Gasteiger partial charge is 0.256 e. The average Bonchev–Trinajstić information content (AvgIpc) is 3.58. The molecule has 1 unspecified atom stereocenters. The van der Waals surface area contributed by atoms with Crippen LogP contribution in [0.5, 0.6) is 0 Å². The van der Waals surface area contributed by atoms with Crippen LogP contribution >= 0.6 is 11.3 Å². The minimum atomic E-state index is -0.246. The summed E-state index contributed by atoms with van der Waals surface area (Å²) in [5.74, 6) is -0.00545. The lowest BCUT2D eigenvalue weighted by Gasteiger charge is -2.29. The number of H-pyrrole nitrogens is 1.